The van der Waals surface area contributed by atoms with Crippen molar-refractivity contribution in [3.05, 3.63) is 35.7 Å². The second-order valence-corrected chi connectivity index (χ2v) is 4.49. The Morgan fingerprint density at radius 3 is 2.21 bits per heavy atom. The Kier molecular flexibility index (Phi) is 6.66. The SMILES string of the molecule is CCOC(=O)c1c(O)c(O)c(C)n1-c1ccc(OC)cc1.O=CO. The van der Waals surface area contributed by atoms with Crippen LogP contribution >= 0.6 is 0 Å². The van der Waals surface area contributed by atoms with Gasteiger partial charge in [0.25, 0.3) is 6.47 Å². The molecule has 0 amide bonds. The van der Waals surface area contributed by atoms with Crippen molar-refractivity contribution in [2.24, 2.45) is 0 Å². The molecule has 0 saturated carbocycles. The fraction of sp³-hybridized carbons (Fsp3) is 0.250. The van der Waals surface area contributed by atoms with E-state index < -0.39 is 11.7 Å². The minimum absolute atomic E-state index is 0.1000. The fourth-order valence-corrected chi connectivity index (χ4v) is 2.10. The van der Waals surface area contributed by atoms with Crippen LogP contribution in [0.25, 0.3) is 5.69 Å². The summed E-state index contributed by atoms with van der Waals surface area (Å²) in [6.45, 7) is 3.19. The summed E-state index contributed by atoms with van der Waals surface area (Å²) in [7, 11) is 1.55. The topological polar surface area (TPSA) is 118 Å². The van der Waals surface area contributed by atoms with Crippen molar-refractivity contribution in [3.63, 3.8) is 0 Å². The number of ether oxygens (including phenoxy) is 2. The van der Waals surface area contributed by atoms with Gasteiger partial charge in [0.1, 0.15) is 5.75 Å². The molecule has 2 aromatic rings. The third-order valence-electron chi connectivity index (χ3n) is 3.15. The number of carbonyl (C=O) groups is 2. The standard InChI is InChI=1S/C15H17NO5.CH2O2/c1-4-21-15(19)12-14(18)13(17)9(2)16(12)10-5-7-11(20-3)8-6-10;2-1-3/h5-8,17-18H,4H2,1-3H3;1H,(H,2,3). The summed E-state index contributed by atoms with van der Waals surface area (Å²) >= 11 is 0. The van der Waals surface area contributed by atoms with Crippen LogP contribution < -0.4 is 4.74 Å². The van der Waals surface area contributed by atoms with Gasteiger partial charge >= 0.3 is 5.97 Å². The molecule has 0 unspecified atom stereocenters. The van der Waals surface area contributed by atoms with E-state index in [0.29, 0.717) is 17.1 Å². The molecule has 0 aliphatic rings. The molecule has 8 nitrogen and oxygen atoms in total. The predicted octanol–water partition coefficient (Wildman–Crippen LogP) is 2.08. The summed E-state index contributed by atoms with van der Waals surface area (Å²) in [6, 6.07) is 6.87. The van der Waals surface area contributed by atoms with Crippen LogP contribution in [0.15, 0.2) is 24.3 Å². The summed E-state index contributed by atoms with van der Waals surface area (Å²) in [5, 5.41) is 26.7. The first-order chi connectivity index (χ1) is 11.4. The first kappa shape index (κ1) is 18.9. The summed E-state index contributed by atoms with van der Waals surface area (Å²) in [5.41, 5.74) is 0.852. The number of methoxy groups -OCH3 is 1. The van der Waals surface area contributed by atoms with Gasteiger partial charge in [-0.1, -0.05) is 0 Å². The Bertz CT molecular complexity index is 704. The lowest BCUT2D eigenvalue weighted by atomic mass is 10.3. The minimum Gasteiger partial charge on any atom is -0.503 e. The van der Waals surface area contributed by atoms with E-state index in [1.165, 1.54) is 4.57 Å². The lowest BCUT2D eigenvalue weighted by molar-refractivity contribution is -0.122. The molecule has 24 heavy (non-hydrogen) atoms. The molecule has 0 atom stereocenters. The molecule has 0 fully saturated rings. The van der Waals surface area contributed by atoms with Gasteiger partial charge in [0.15, 0.2) is 17.2 Å². The molecule has 8 heteroatoms. The van der Waals surface area contributed by atoms with Gasteiger partial charge in [-0.3, -0.25) is 4.79 Å². The van der Waals surface area contributed by atoms with Gasteiger partial charge in [0.2, 0.25) is 0 Å². The van der Waals surface area contributed by atoms with Gasteiger partial charge < -0.3 is 29.4 Å². The number of rotatable bonds is 4. The van der Waals surface area contributed by atoms with Gasteiger partial charge in [0.05, 0.1) is 19.4 Å². The second kappa shape index (κ2) is 8.47. The van der Waals surface area contributed by atoms with Gasteiger partial charge in [-0.25, -0.2) is 4.79 Å². The monoisotopic (exact) mass is 337 g/mol. The third-order valence-corrected chi connectivity index (χ3v) is 3.15. The normalized spacial score (nSPS) is 9.62. The van der Waals surface area contributed by atoms with Crippen molar-refractivity contribution < 1.29 is 34.4 Å². The van der Waals surface area contributed by atoms with Crippen molar-refractivity contribution in [1.29, 1.82) is 0 Å². The van der Waals surface area contributed by atoms with Crippen molar-refractivity contribution in [3.8, 4) is 22.9 Å². The van der Waals surface area contributed by atoms with Crippen LogP contribution in [-0.4, -0.2) is 46.0 Å². The Morgan fingerprint density at radius 1 is 1.21 bits per heavy atom. The number of carboxylic acid groups (broad SMARTS) is 1. The maximum absolute atomic E-state index is 12.0. The number of nitrogens with zero attached hydrogens (tertiary/aromatic N) is 1. The Balaban J connectivity index is 0.000000891. The average molecular weight is 337 g/mol. The van der Waals surface area contributed by atoms with Gasteiger partial charge in [-0.05, 0) is 38.1 Å². The number of hydrogen-bond donors (Lipinski definition) is 3. The van der Waals surface area contributed by atoms with Crippen molar-refractivity contribution in [2.75, 3.05) is 13.7 Å². The largest absolute Gasteiger partial charge is 0.503 e. The van der Waals surface area contributed by atoms with Gasteiger partial charge in [-0.2, -0.15) is 0 Å². The Hall–Kier alpha value is -3.16. The average Bonchev–Trinajstić information content (AvgIpc) is 2.80. The van der Waals surface area contributed by atoms with E-state index in [4.69, 9.17) is 19.4 Å². The van der Waals surface area contributed by atoms with Gasteiger partial charge in [0, 0.05) is 5.69 Å². The highest BCUT2D eigenvalue weighted by Crippen LogP contribution is 2.38. The van der Waals surface area contributed by atoms with Crippen molar-refractivity contribution >= 4 is 12.4 Å². The van der Waals surface area contributed by atoms with E-state index in [1.807, 2.05) is 0 Å². The molecule has 1 aromatic carbocycles. The van der Waals surface area contributed by atoms with E-state index in [2.05, 4.69) is 0 Å². The van der Waals surface area contributed by atoms with E-state index >= 15 is 0 Å². The summed E-state index contributed by atoms with van der Waals surface area (Å²) in [6.07, 6.45) is 0. The van der Waals surface area contributed by atoms with Crippen LogP contribution in [0.3, 0.4) is 0 Å². The molecular weight excluding hydrogens is 318 g/mol. The molecule has 0 spiro atoms. The van der Waals surface area contributed by atoms with Crippen LogP contribution in [0.1, 0.15) is 23.1 Å². The molecule has 0 radical (unpaired) electrons. The molecule has 0 aliphatic heterocycles. The Labute approximate surface area is 138 Å². The number of aromatic nitrogens is 1. The van der Waals surface area contributed by atoms with E-state index in [9.17, 15) is 15.0 Å². The second-order valence-electron chi connectivity index (χ2n) is 4.49. The number of hydrogen-bond acceptors (Lipinski definition) is 6. The number of esters is 1. The molecule has 0 saturated heterocycles. The highest BCUT2D eigenvalue weighted by molar-refractivity contribution is 5.93. The highest BCUT2D eigenvalue weighted by atomic mass is 16.5. The zero-order valence-corrected chi connectivity index (χ0v) is 13.5. The van der Waals surface area contributed by atoms with Crippen LogP contribution in [-0.2, 0) is 9.53 Å². The first-order valence-electron chi connectivity index (χ1n) is 6.95. The van der Waals surface area contributed by atoms with Gasteiger partial charge in [-0.15, -0.1) is 0 Å². The lowest BCUT2D eigenvalue weighted by Gasteiger charge is -2.11. The van der Waals surface area contributed by atoms with Crippen LogP contribution in [0.4, 0.5) is 0 Å². The molecular formula is C16H19NO7. The minimum atomic E-state index is -0.700. The molecule has 130 valence electrons. The Morgan fingerprint density at radius 2 is 1.75 bits per heavy atom. The molecule has 0 bridgehead atoms. The van der Waals surface area contributed by atoms with E-state index in [1.54, 1.807) is 45.2 Å². The van der Waals surface area contributed by atoms with E-state index in [0.717, 1.165) is 0 Å². The van der Waals surface area contributed by atoms with Crippen LogP contribution in [0.2, 0.25) is 0 Å². The van der Waals surface area contributed by atoms with Crippen molar-refractivity contribution in [1.82, 2.24) is 4.57 Å². The van der Waals surface area contributed by atoms with E-state index in [-0.39, 0.29) is 24.5 Å². The lowest BCUT2D eigenvalue weighted by Crippen LogP contribution is -2.12. The highest BCUT2D eigenvalue weighted by Gasteiger charge is 2.26. The maximum Gasteiger partial charge on any atom is 0.359 e. The molecule has 3 N–H and O–H groups in total. The van der Waals surface area contributed by atoms with Crippen LogP contribution in [0.5, 0.6) is 17.2 Å². The zero-order chi connectivity index (χ0) is 18.3. The predicted molar refractivity (Wildman–Crippen MR) is 85.0 cm³/mol. The fourth-order valence-electron chi connectivity index (χ4n) is 2.10. The third kappa shape index (κ3) is 3.78. The zero-order valence-electron chi connectivity index (χ0n) is 13.5. The summed E-state index contributed by atoms with van der Waals surface area (Å²) in [5.74, 6) is -0.862. The number of benzene rings is 1. The maximum atomic E-state index is 12.0. The number of carbonyl (C=O) groups excluding carboxylic acids is 1. The van der Waals surface area contributed by atoms with Crippen LogP contribution in [0, 0.1) is 6.92 Å². The molecule has 1 aromatic heterocycles. The molecule has 1 heterocycles. The summed E-state index contributed by atoms with van der Waals surface area (Å²) in [4.78, 5) is 20.4. The first-order valence-corrected chi connectivity index (χ1v) is 6.95. The number of aromatic hydroxyl groups is 2. The van der Waals surface area contributed by atoms with Crippen molar-refractivity contribution in [2.45, 2.75) is 13.8 Å². The molecule has 2 rings (SSSR count). The smallest absolute Gasteiger partial charge is 0.359 e. The summed E-state index contributed by atoms with van der Waals surface area (Å²) < 4.78 is 11.5. The quantitative estimate of drug-likeness (QED) is 0.577. The molecule has 0 aliphatic carbocycles.